The Bertz CT molecular complexity index is 563. The average molecular weight is 330 g/mol. The van der Waals surface area contributed by atoms with Crippen molar-refractivity contribution in [2.45, 2.75) is 38.5 Å². The molecule has 1 aromatic heterocycles. The van der Waals surface area contributed by atoms with E-state index >= 15 is 0 Å². The number of hydrogen-bond donors (Lipinski definition) is 3. The Balaban J connectivity index is 2.02. The molecule has 1 aromatic rings. The standard InChI is InChI=1S/C13H20ClN5O3/c1-13(2,3)22-12(21)19-4-7(8(20)5-19)18-11-9(15)10(14)16-6-17-11/h6-8,20H,4-5,15H2,1-3H3,(H,16,17,18)/t7-,8+/m1/s1. The second kappa shape index (κ2) is 6.13. The van der Waals surface area contributed by atoms with Crippen LogP contribution < -0.4 is 11.1 Å². The largest absolute Gasteiger partial charge is 0.444 e. The molecule has 1 aliphatic rings. The number of rotatable bonds is 2. The Morgan fingerprint density at radius 1 is 1.50 bits per heavy atom. The average Bonchev–Trinajstić information content (AvgIpc) is 2.75. The highest BCUT2D eigenvalue weighted by Gasteiger charge is 2.36. The third-order valence-corrected chi connectivity index (χ3v) is 3.40. The van der Waals surface area contributed by atoms with Crippen molar-refractivity contribution in [3.05, 3.63) is 11.5 Å². The number of nitrogens with zero attached hydrogens (tertiary/aromatic N) is 3. The summed E-state index contributed by atoms with van der Waals surface area (Å²) >= 11 is 5.82. The van der Waals surface area contributed by atoms with Crippen LogP contribution in [0.1, 0.15) is 20.8 Å². The zero-order chi connectivity index (χ0) is 16.5. The van der Waals surface area contributed by atoms with E-state index in [1.54, 1.807) is 20.8 Å². The van der Waals surface area contributed by atoms with Crippen LogP contribution in [-0.2, 0) is 4.74 Å². The summed E-state index contributed by atoms with van der Waals surface area (Å²) in [6, 6.07) is -0.416. The number of nitrogen functional groups attached to an aromatic ring is 1. The molecule has 2 rings (SSSR count). The molecule has 1 saturated heterocycles. The summed E-state index contributed by atoms with van der Waals surface area (Å²) in [5.74, 6) is 0.329. The zero-order valence-corrected chi connectivity index (χ0v) is 13.5. The van der Waals surface area contributed by atoms with Crippen molar-refractivity contribution in [2.75, 3.05) is 24.1 Å². The normalized spacial score (nSPS) is 21.8. The van der Waals surface area contributed by atoms with Crippen molar-refractivity contribution in [1.29, 1.82) is 0 Å². The molecule has 0 aliphatic carbocycles. The zero-order valence-electron chi connectivity index (χ0n) is 12.7. The number of likely N-dealkylation sites (tertiary alicyclic amines) is 1. The molecule has 1 amide bonds. The number of anilines is 2. The number of carbonyl (C=O) groups is 1. The number of halogens is 1. The quantitative estimate of drug-likeness (QED) is 0.696. The van der Waals surface area contributed by atoms with E-state index in [1.165, 1.54) is 11.2 Å². The number of nitrogens with two attached hydrogens (primary N) is 1. The smallest absolute Gasteiger partial charge is 0.410 e. The van der Waals surface area contributed by atoms with E-state index in [0.29, 0.717) is 5.82 Å². The highest BCUT2D eigenvalue weighted by molar-refractivity contribution is 6.32. The minimum absolute atomic E-state index is 0.133. The van der Waals surface area contributed by atoms with Crippen LogP contribution in [0.5, 0.6) is 0 Å². The van der Waals surface area contributed by atoms with Gasteiger partial charge in [-0.05, 0) is 20.8 Å². The van der Waals surface area contributed by atoms with Crippen molar-refractivity contribution < 1.29 is 14.6 Å². The summed E-state index contributed by atoms with van der Waals surface area (Å²) in [5, 5.41) is 13.2. The molecule has 1 aliphatic heterocycles. The Morgan fingerprint density at radius 3 is 2.82 bits per heavy atom. The van der Waals surface area contributed by atoms with Crippen LogP contribution in [0.2, 0.25) is 5.15 Å². The number of amides is 1. The maximum absolute atomic E-state index is 12.0. The van der Waals surface area contributed by atoms with E-state index in [1.807, 2.05) is 0 Å². The fraction of sp³-hybridized carbons (Fsp3) is 0.615. The van der Waals surface area contributed by atoms with Gasteiger partial charge in [0.1, 0.15) is 17.6 Å². The summed E-state index contributed by atoms with van der Waals surface area (Å²) in [4.78, 5) is 21.2. The first kappa shape index (κ1) is 16.6. The van der Waals surface area contributed by atoms with E-state index in [4.69, 9.17) is 22.1 Å². The molecular formula is C13H20ClN5O3. The van der Waals surface area contributed by atoms with Crippen molar-refractivity contribution >= 4 is 29.2 Å². The lowest BCUT2D eigenvalue weighted by Gasteiger charge is -2.24. The van der Waals surface area contributed by atoms with E-state index < -0.39 is 23.8 Å². The monoisotopic (exact) mass is 329 g/mol. The number of aromatic nitrogens is 2. The lowest BCUT2D eigenvalue weighted by atomic mass is 10.2. The van der Waals surface area contributed by atoms with Crippen molar-refractivity contribution in [3.63, 3.8) is 0 Å². The summed E-state index contributed by atoms with van der Waals surface area (Å²) in [7, 11) is 0. The Labute approximate surface area is 133 Å². The number of carbonyl (C=O) groups excluding carboxylic acids is 1. The van der Waals surface area contributed by atoms with Gasteiger partial charge in [0.25, 0.3) is 0 Å². The summed E-state index contributed by atoms with van der Waals surface area (Å²) in [6.45, 7) is 5.81. The molecule has 2 heterocycles. The molecule has 122 valence electrons. The number of nitrogens with one attached hydrogen (secondary N) is 1. The molecule has 4 N–H and O–H groups in total. The SMILES string of the molecule is CC(C)(C)OC(=O)N1C[C@H](O)[C@H](Nc2ncnc(Cl)c2N)C1. The number of β-amino-alcohol motifs (C(OH)–C–C–N with tert-alkyl or cyclic N) is 1. The molecule has 8 nitrogen and oxygen atoms in total. The van der Waals surface area contributed by atoms with Gasteiger partial charge in [-0.15, -0.1) is 0 Å². The summed E-state index contributed by atoms with van der Waals surface area (Å²) < 4.78 is 5.29. The van der Waals surface area contributed by atoms with E-state index in [-0.39, 0.29) is 23.9 Å². The highest BCUT2D eigenvalue weighted by Crippen LogP contribution is 2.25. The molecular weight excluding hydrogens is 310 g/mol. The third kappa shape index (κ3) is 3.89. The molecule has 0 bridgehead atoms. The van der Waals surface area contributed by atoms with Crippen LogP contribution in [0.15, 0.2) is 6.33 Å². The Kier molecular flexibility index (Phi) is 4.62. The van der Waals surface area contributed by atoms with Gasteiger partial charge in [0.05, 0.1) is 18.7 Å². The Hall–Kier alpha value is -1.80. The van der Waals surface area contributed by atoms with Crippen LogP contribution in [-0.4, -0.2) is 56.9 Å². The minimum Gasteiger partial charge on any atom is -0.444 e. The lowest BCUT2D eigenvalue weighted by molar-refractivity contribution is 0.0270. The van der Waals surface area contributed by atoms with Gasteiger partial charge in [0.15, 0.2) is 11.0 Å². The number of ether oxygens (including phenoxy) is 1. The first-order chi connectivity index (χ1) is 10.2. The van der Waals surface area contributed by atoms with Gasteiger partial charge >= 0.3 is 6.09 Å². The van der Waals surface area contributed by atoms with Crippen molar-refractivity contribution in [1.82, 2.24) is 14.9 Å². The molecule has 1 fully saturated rings. The lowest BCUT2D eigenvalue weighted by Crippen LogP contribution is -2.36. The number of hydrogen-bond acceptors (Lipinski definition) is 7. The van der Waals surface area contributed by atoms with Gasteiger partial charge in [-0.3, -0.25) is 0 Å². The van der Waals surface area contributed by atoms with Crippen LogP contribution in [0.4, 0.5) is 16.3 Å². The fourth-order valence-electron chi connectivity index (χ4n) is 2.07. The van der Waals surface area contributed by atoms with Gasteiger partial charge < -0.3 is 25.8 Å². The first-order valence-electron chi connectivity index (χ1n) is 6.86. The van der Waals surface area contributed by atoms with E-state index in [9.17, 15) is 9.90 Å². The third-order valence-electron chi connectivity index (χ3n) is 3.10. The fourth-order valence-corrected chi connectivity index (χ4v) is 2.20. The molecule has 22 heavy (non-hydrogen) atoms. The molecule has 0 saturated carbocycles. The summed E-state index contributed by atoms with van der Waals surface area (Å²) in [5.41, 5.74) is 5.39. The van der Waals surface area contributed by atoms with Gasteiger partial charge in [-0.1, -0.05) is 11.6 Å². The predicted octanol–water partition coefficient (Wildman–Crippen LogP) is 1.10. The van der Waals surface area contributed by atoms with Crippen LogP contribution in [0.3, 0.4) is 0 Å². The van der Waals surface area contributed by atoms with Gasteiger partial charge in [-0.25, -0.2) is 14.8 Å². The predicted molar refractivity (Wildman–Crippen MR) is 82.7 cm³/mol. The van der Waals surface area contributed by atoms with Crippen molar-refractivity contribution in [3.8, 4) is 0 Å². The highest BCUT2D eigenvalue weighted by atomic mass is 35.5. The molecule has 0 unspecified atom stereocenters. The first-order valence-corrected chi connectivity index (χ1v) is 7.23. The topological polar surface area (TPSA) is 114 Å². The molecule has 9 heteroatoms. The summed E-state index contributed by atoms with van der Waals surface area (Å²) in [6.07, 6.45) is 0.0405. The van der Waals surface area contributed by atoms with Crippen molar-refractivity contribution in [2.24, 2.45) is 0 Å². The van der Waals surface area contributed by atoms with Gasteiger partial charge in [0.2, 0.25) is 0 Å². The van der Waals surface area contributed by atoms with E-state index in [0.717, 1.165) is 0 Å². The maximum Gasteiger partial charge on any atom is 0.410 e. The second-order valence-corrected chi connectivity index (χ2v) is 6.49. The van der Waals surface area contributed by atoms with E-state index in [2.05, 4.69) is 15.3 Å². The van der Waals surface area contributed by atoms with Crippen LogP contribution in [0.25, 0.3) is 0 Å². The number of aliphatic hydroxyl groups is 1. The second-order valence-electron chi connectivity index (χ2n) is 6.13. The van der Waals surface area contributed by atoms with Gasteiger partial charge in [0, 0.05) is 6.54 Å². The minimum atomic E-state index is -0.763. The van der Waals surface area contributed by atoms with Gasteiger partial charge in [-0.2, -0.15) is 0 Å². The number of aliphatic hydroxyl groups excluding tert-OH is 1. The maximum atomic E-state index is 12.0. The molecule has 0 aromatic carbocycles. The Morgan fingerprint density at radius 2 is 2.18 bits per heavy atom. The van der Waals surface area contributed by atoms with Crippen LogP contribution in [0, 0.1) is 0 Å². The van der Waals surface area contributed by atoms with Crippen LogP contribution >= 0.6 is 11.6 Å². The molecule has 2 atom stereocenters. The molecule has 0 radical (unpaired) electrons. The molecule has 0 spiro atoms.